The Hall–Kier alpha value is -0.860. The molecule has 0 aliphatic carbocycles. The van der Waals surface area contributed by atoms with Gasteiger partial charge in [0.25, 0.3) is 0 Å². The normalized spacial score (nSPS) is 37.6. The highest BCUT2D eigenvalue weighted by Crippen LogP contribution is 2.44. The van der Waals surface area contributed by atoms with Gasteiger partial charge < -0.3 is 5.11 Å². The van der Waals surface area contributed by atoms with Crippen LogP contribution in [0.25, 0.3) is 0 Å². The van der Waals surface area contributed by atoms with Gasteiger partial charge in [-0.05, 0) is 37.4 Å². The lowest BCUT2D eigenvalue weighted by molar-refractivity contribution is -0.0359. The van der Waals surface area contributed by atoms with E-state index < -0.39 is 0 Å². The van der Waals surface area contributed by atoms with Crippen LogP contribution in [0.1, 0.15) is 24.4 Å². The first kappa shape index (κ1) is 10.3. The Balaban J connectivity index is 1.93. The summed E-state index contributed by atoms with van der Waals surface area (Å²) in [6, 6.07) is 11.1. The Morgan fingerprint density at radius 2 is 1.81 bits per heavy atom. The maximum absolute atomic E-state index is 9.62. The van der Waals surface area contributed by atoms with Crippen molar-refractivity contribution in [2.75, 3.05) is 19.7 Å². The fourth-order valence-corrected chi connectivity index (χ4v) is 3.51. The number of hydrogen-bond acceptors (Lipinski definition) is 2. The molecular formula is C14H19NO. The number of piperidine rings is 3. The van der Waals surface area contributed by atoms with Crippen LogP contribution in [-0.2, 0) is 0 Å². The molecule has 2 heteroatoms. The third-order valence-electron chi connectivity index (χ3n) is 4.33. The van der Waals surface area contributed by atoms with Gasteiger partial charge in [-0.15, -0.1) is 0 Å². The summed E-state index contributed by atoms with van der Waals surface area (Å²) in [7, 11) is 0. The Kier molecular flexibility index (Phi) is 2.70. The van der Waals surface area contributed by atoms with Crippen molar-refractivity contribution in [1.82, 2.24) is 4.90 Å². The molecule has 3 heterocycles. The van der Waals surface area contributed by atoms with Gasteiger partial charge in [-0.25, -0.2) is 0 Å². The van der Waals surface area contributed by atoms with E-state index in [0.717, 1.165) is 5.92 Å². The van der Waals surface area contributed by atoms with E-state index in [0.29, 0.717) is 18.6 Å². The zero-order valence-corrected chi connectivity index (χ0v) is 9.55. The number of fused-ring (bicyclic) bond motifs is 3. The third kappa shape index (κ3) is 1.57. The quantitative estimate of drug-likeness (QED) is 0.819. The van der Waals surface area contributed by atoms with E-state index in [1.807, 2.05) is 0 Å². The molecule has 0 spiro atoms. The summed E-state index contributed by atoms with van der Waals surface area (Å²) in [6.45, 7) is 2.75. The lowest BCUT2D eigenvalue weighted by Crippen LogP contribution is -2.50. The average Bonchev–Trinajstić information content (AvgIpc) is 2.40. The summed E-state index contributed by atoms with van der Waals surface area (Å²) in [5.41, 5.74) is 1.38. The summed E-state index contributed by atoms with van der Waals surface area (Å²) in [5, 5.41) is 9.62. The fourth-order valence-electron chi connectivity index (χ4n) is 3.51. The second-order valence-electron chi connectivity index (χ2n) is 5.08. The van der Waals surface area contributed by atoms with Gasteiger partial charge in [-0.2, -0.15) is 0 Å². The van der Waals surface area contributed by atoms with Crippen LogP contribution in [0.5, 0.6) is 0 Å². The topological polar surface area (TPSA) is 23.5 Å². The standard InChI is InChI=1S/C14H19NO/c16-10-13-11-6-8-15(9-7-11)14(13)12-4-2-1-3-5-12/h1-5,11,13-14,16H,6-10H2. The molecule has 0 amide bonds. The monoisotopic (exact) mass is 217 g/mol. The van der Waals surface area contributed by atoms with E-state index in [4.69, 9.17) is 0 Å². The second kappa shape index (κ2) is 4.19. The van der Waals surface area contributed by atoms with Gasteiger partial charge in [0.2, 0.25) is 0 Å². The Morgan fingerprint density at radius 1 is 1.12 bits per heavy atom. The fraction of sp³-hybridized carbons (Fsp3) is 0.571. The molecule has 86 valence electrons. The molecule has 1 aromatic rings. The van der Waals surface area contributed by atoms with E-state index in [9.17, 15) is 5.11 Å². The maximum atomic E-state index is 9.62. The predicted molar refractivity (Wildman–Crippen MR) is 64.1 cm³/mol. The number of aliphatic hydroxyl groups is 1. The van der Waals surface area contributed by atoms with Crippen molar-refractivity contribution >= 4 is 0 Å². The van der Waals surface area contributed by atoms with E-state index in [1.54, 1.807) is 0 Å². The number of aliphatic hydroxyl groups excluding tert-OH is 1. The van der Waals surface area contributed by atoms with Crippen LogP contribution in [0.3, 0.4) is 0 Å². The van der Waals surface area contributed by atoms with Gasteiger partial charge in [0.05, 0.1) is 0 Å². The van der Waals surface area contributed by atoms with Gasteiger partial charge in [0, 0.05) is 18.6 Å². The van der Waals surface area contributed by atoms with Crippen LogP contribution in [0.15, 0.2) is 30.3 Å². The van der Waals surface area contributed by atoms with Crippen molar-refractivity contribution in [3.63, 3.8) is 0 Å². The molecule has 1 aromatic carbocycles. The van der Waals surface area contributed by atoms with Gasteiger partial charge in [-0.1, -0.05) is 30.3 Å². The van der Waals surface area contributed by atoms with E-state index in [-0.39, 0.29) is 0 Å². The van der Waals surface area contributed by atoms with Crippen LogP contribution in [-0.4, -0.2) is 29.7 Å². The molecule has 2 atom stereocenters. The van der Waals surface area contributed by atoms with Crippen molar-refractivity contribution in [3.8, 4) is 0 Å². The molecule has 4 rings (SSSR count). The largest absolute Gasteiger partial charge is 0.396 e. The molecule has 16 heavy (non-hydrogen) atoms. The highest BCUT2D eigenvalue weighted by molar-refractivity contribution is 5.21. The maximum Gasteiger partial charge on any atom is 0.0480 e. The molecule has 3 saturated heterocycles. The molecule has 2 bridgehead atoms. The van der Waals surface area contributed by atoms with Crippen LogP contribution in [0.4, 0.5) is 0 Å². The van der Waals surface area contributed by atoms with E-state index in [1.165, 1.54) is 31.5 Å². The summed E-state index contributed by atoms with van der Waals surface area (Å²) in [5.74, 6) is 1.19. The Labute approximate surface area is 96.9 Å². The number of rotatable bonds is 2. The van der Waals surface area contributed by atoms with Gasteiger partial charge in [-0.3, -0.25) is 4.90 Å². The second-order valence-corrected chi connectivity index (χ2v) is 5.08. The minimum absolute atomic E-state index is 0.334. The molecule has 0 aromatic heterocycles. The Bertz CT molecular complexity index is 343. The molecule has 0 radical (unpaired) electrons. The van der Waals surface area contributed by atoms with E-state index in [2.05, 4.69) is 35.2 Å². The van der Waals surface area contributed by atoms with Crippen LogP contribution in [0.2, 0.25) is 0 Å². The molecule has 0 saturated carbocycles. The lowest BCUT2D eigenvalue weighted by atomic mass is 9.72. The van der Waals surface area contributed by atoms with Gasteiger partial charge >= 0.3 is 0 Å². The summed E-state index contributed by atoms with van der Waals surface area (Å²) in [4.78, 5) is 2.55. The molecule has 3 aliphatic heterocycles. The van der Waals surface area contributed by atoms with Crippen LogP contribution >= 0.6 is 0 Å². The van der Waals surface area contributed by atoms with Gasteiger partial charge in [0.15, 0.2) is 0 Å². The predicted octanol–water partition coefficient (Wildman–Crippen LogP) is 2.06. The number of hydrogen-bond donors (Lipinski definition) is 1. The molecular weight excluding hydrogens is 198 g/mol. The highest BCUT2D eigenvalue weighted by Gasteiger charge is 2.42. The Morgan fingerprint density at radius 3 is 2.44 bits per heavy atom. The van der Waals surface area contributed by atoms with E-state index >= 15 is 0 Å². The van der Waals surface area contributed by atoms with Crippen molar-refractivity contribution in [3.05, 3.63) is 35.9 Å². The zero-order valence-electron chi connectivity index (χ0n) is 9.55. The molecule has 2 nitrogen and oxygen atoms in total. The summed E-state index contributed by atoms with van der Waals surface area (Å²) < 4.78 is 0. The van der Waals surface area contributed by atoms with Gasteiger partial charge in [0.1, 0.15) is 0 Å². The minimum Gasteiger partial charge on any atom is -0.396 e. The smallest absolute Gasteiger partial charge is 0.0480 e. The summed E-state index contributed by atoms with van der Waals surface area (Å²) in [6.07, 6.45) is 2.54. The molecule has 1 N–H and O–H groups in total. The summed E-state index contributed by atoms with van der Waals surface area (Å²) >= 11 is 0. The minimum atomic E-state index is 0.334. The van der Waals surface area contributed by atoms with Crippen LogP contribution < -0.4 is 0 Å². The SMILES string of the molecule is OCC1C2CCN(CC2)C1c1ccccc1. The number of benzene rings is 1. The van der Waals surface area contributed by atoms with Crippen molar-refractivity contribution in [2.45, 2.75) is 18.9 Å². The first-order valence-corrected chi connectivity index (χ1v) is 6.30. The van der Waals surface area contributed by atoms with Crippen molar-refractivity contribution in [1.29, 1.82) is 0 Å². The lowest BCUT2D eigenvalue weighted by Gasteiger charge is -2.50. The first-order valence-electron chi connectivity index (χ1n) is 6.30. The number of nitrogens with zero attached hydrogens (tertiary/aromatic N) is 1. The third-order valence-corrected chi connectivity index (χ3v) is 4.33. The first-order chi connectivity index (χ1) is 7.90. The van der Waals surface area contributed by atoms with Crippen molar-refractivity contribution in [2.24, 2.45) is 11.8 Å². The molecule has 3 fully saturated rings. The van der Waals surface area contributed by atoms with Crippen LogP contribution in [0, 0.1) is 11.8 Å². The highest BCUT2D eigenvalue weighted by atomic mass is 16.3. The average molecular weight is 217 g/mol. The molecule has 3 aliphatic rings. The zero-order chi connectivity index (χ0) is 11.0. The molecule has 2 unspecified atom stereocenters. The van der Waals surface area contributed by atoms with Crippen molar-refractivity contribution < 1.29 is 5.11 Å².